The van der Waals surface area contributed by atoms with E-state index < -0.39 is 29.7 Å². The van der Waals surface area contributed by atoms with E-state index in [4.69, 9.17) is 38.5 Å². The first-order chi connectivity index (χ1) is 17.3. The van der Waals surface area contributed by atoms with Crippen LogP contribution in [0.2, 0.25) is 0 Å². The second-order valence-corrected chi connectivity index (χ2v) is 7.84. The molecule has 0 aliphatic heterocycles. The van der Waals surface area contributed by atoms with Crippen LogP contribution in [0.4, 0.5) is 4.79 Å². The summed E-state index contributed by atoms with van der Waals surface area (Å²) in [5.41, 5.74) is 0. The van der Waals surface area contributed by atoms with E-state index in [0.29, 0.717) is 12.8 Å². The van der Waals surface area contributed by atoms with Crippen molar-refractivity contribution in [3.8, 4) is 0 Å². The fourth-order valence-corrected chi connectivity index (χ4v) is 2.90. The zero-order valence-corrected chi connectivity index (χ0v) is 22.0. The van der Waals surface area contributed by atoms with Gasteiger partial charge in [-0.15, -0.1) is 9.78 Å². The summed E-state index contributed by atoms with van der Waals surface area (Å²) >= 11 is 0. The van der Waals surface area contributed by atoms with Crippen LogP contribution in [0.5, 0.6) is 0 Å². The molecule has 0 rings (SSSR count). The lowest BCUT2D eigenvalue weighted by Gasteiger charge is -2.34. The molecule has 0 amide bonds. The molecule has 0 aromatic heterocycles. The number of unbranched alkanes of at least 4 members (excludes halogenated alkanes) is 4. The van der Waals surface area contributed by atoms with E-state index >= 15 is 0 Å². The predicted octanol–water partition coefficient (Wildman–Crippen LogP) is 5.09. The van der Waals surface area contributed by atoms with Gasteiger partial charge in [0.25, 0.3) is 11.6 Å². The normalized spacial score (nSPS) is 14.1. The molecule has 0 bridgehead atoms. The highest BCUT2D eigenvalue weighted by Gasteiger charge is 2.44. The first-order valence-electron chi connectivity index (χ1n) is 12.4. The van der Waals surface area contributed by atoms with Crippen LogP contribution in [-0.2, 0) is 48.1 Å². The molecule has 0 aromatic rings. The molecule has 0 saturated heterocycles. The summed E-state index contributed by atoms with van der Waals surface area (Å²) in [7, 11) is 0. The SMILES string of the molecule is C=CC(=O)OOC(CCCCC)(COCC)OC(=O)OC(CCCCC)(COCC)OOC(=O)C=C. The molecule has 0 spiro atoms. The number of ether oxygens (including phenoxy) is 4. The second kappa shape index (κ2) is 19.7. The zero-order valence-electron chi connectivity index (χ0n) is 22.0. The minimum Gasteiger partial charge on any atom is -0.395 e. The molecule has 11 nitrogen and oxygen atoms in total. The highest BCUT2D eigenvalue weighted by molar-refractivity contribution is 5.80. The maximum Gasteiger partial charge on any atom is 0.513 e. The molecule has 0 fully saturated rings. The van der Waals surface area contributed by atoms with E-state index in [9.17, 15) is 14.4 Å². The van der Waals surface area contributed by atoms with Crippen LogP contribution in [0.25, 0.3) is 0 Å². The van der Waals surface area contributed by atoms with Crippen LogP contribution in [0, 0.1) is 0 Å². The molecule has 0 N–H and O–H groups in total. The van der Waals surface area contributed by atoms with Crippen LogP contribution in [-0.4, -0.2) is 56.1 Å². The van der Waals surface area contributed by atoms with Gasteiger partial charge >= 0.3 is 18.1 Å². The van der Waals surface area contributed by atoms with Crippen molar-refractivity contribution < 1.29 is 52.9 Å². The summed E-state index contributed by atoms with van der Waals surface area (Å²) < 4.78 is 22.0. The summed E-state index contributed by atoms with van der Waals surface area (Å²) in [6.07, 6.45) is 5.31. The van der Waals surface area contributed by atoms with Gasteiger partial charge in [-0.3, -0.25) is 9.78 Å². The quantitative estimate of drug-likeness (QED) is 0.0475. The second-order valence-electron chi connectivity index (χ2n) is 7.84. The Morgan fingerprint density at radius 1 is 0.667 bits per heavy atom. The van der Waals surface area contributed by atoms with Crippen LogP contribution in [0.15, 0.2) is 25.3 Å². The standard InChI is InChI=1S/C25H42O11/c1-7-13-15-17-24(19-29-11-5,35-33-21(26)9-3)31-23(28)32-25(20-30-12-6,18-16-14-8-2)36-34-22(27)10-4/h9-10H,3-4,7-8,11-20H2,1-2,5-6H3. The summed E-state index contributed by atoms with van der Waals surface area (Å²) in [5, 5.41) is 0. The van der Waals surface area contributed by atoms with E-state index in [0.717, 1.165) is 37.8 Å². The Labute approximate surface area is 213 Å². The Balaban J connectivity index is 5.93. The summed E-state index contributed by atoms with van der Waals surface area (Å²) in [4.78, 5) is 56.4. The van der Waals surface area contributed by atoms with Crippen LogP contribution >= 0.6 is 0 Å². The van der Waals surface area contributed by atoms with Gasteiger partial charge in [0.05, 0.1) is 0 Å². The van der Waals surface area contributed by atoms with Crippen molar-refractivity contribution in [2.45, 2.75) is 90.6 Å². The molecule has 0 aliphatic rings. The van der Waals surface area contributed by atoms with Crippen molar-refractivity contribution in [2.24, 2.45) is 0 Å². The number of carbonyl (C=O) groups excluding carboxylic acids is 3. The molecule has 0 radical (unpaired) electrons. The lowest BCUT2D eigenvalue weighted by atomic mass is 10.1. The van der Waals surface area contributed by atoms with Crippen molar-refractivity contribution in [2.75, 3.05) is 26.4 Å². The van der Waals surface area contributed by atoms with E-state index in [1.807, 2.05) is 13.8 Å². The maximum absolute atomic E-state index is 13.1. The summed E-state index contributed by atoms with van der Waals surface area (Å²) in [5.74, 6) is -5.37. The molecule has 2 atom stereocenters. The van der Waals surface area contributed by atoms with Gasteiger partial charge in [-0.2, -0.15) is 0 Å². The fraction of sp³-hybridized carbons (Fsp3) is 0.720. The molecule has 36 heavy (non-hydrogen) atoms. The van der Waals surface area contributed by atoms with Gasteiger partial charge in [0, 0.05) is 38.2 Å². The predicted molar refractivity (Wildman–Crippen MR) is 129 cm³/mol. The first kappa shape index (κ1) is 33.5. The zero-order chi connectivity index (χ0) is 27.3. The molecule has 0 saturated carbocycles. The first-order valence-corrected chi connectivity index (χ1v) is 12.4. The monoisotopic (exact) mass is 518 g/mol. The largest absolute Gasteiger partial charge is 0.513 e. The topological polar surface area (TPSA) is 125 Å². The van der Waals surface area contributed by atoms with Crippen LogP contribution in [0.3, 0.4) is 0 Å². The molecular weight excluding hydrogens is 476 g/mol. The van der Waals surface area contributed by atoms with Crippen molar-refractivity contribution in [3.63, 3.8) is 0 Å². The molecule has 0 aromatic carbocycles. The highest BCUT2D eigenvalue weighted by Crippen LogP contribution is 2.28. The third kappa shape index (κ3) is 14.2. The van der Waals surface area contributed by atoms with Crippen molar-refractivity contribution in [3.05, 3.63) is 25.3 Å². The average molecular weight is 519 g/mol. The van der Waals surface area contributed by atoms with Gasteiger partial charge in [0.2, 0.25) is 0 Å². The molecule has 11 heteroatoms. The van der Waals surface area contributed by atoms with Gasteiger partial charge in [0.1, 0.15) is 13.2 Å². The van der Waals surface area contributed by atoms with Gasteiger partial charge in [-0.05, 0) is 26.7 Å². The smallest absolute Gasteiger partial charge is 0.395 e. The third-order valence-electron chi connectivity index (χ3n) is 4.80. The molecule has 0 heterocycles. The van der Waals surface area contributed by atoms with Crippen molar-refractivity contribution in [1.29, 1.82) is 0 Å². The van der Waals surface area contributed by atoms with E-state index in [2.05, 4.69) is 13.2 Å². The fourth-order valence-electron chi connectivity index (χ4n) is 2.90. The summed E-state index contributed by atoms with van der Waals surface area (Å²) in [6.45, 7) is 14.2. The minimum absolute atomic E-state index is 0.140. The minimum atomic E-state index is -1.81. The Bertz CT molecular complexity index is 612. The van der Waals surface area contributed by atoms with Gasteiger partial charge in [0.15, 0.2) is 0 Å². The third-order valence-corrected chi connectivity index (χ3v) is 4.80. The Morgan fingerprint density at radius 3 is 1.36 bits per heavy atom. The van der Waals surface area contributed by atoms with Gasteiger partial charge in [-0.25, -0.2) is 14.4 Å². The molecule has 0 aliphatic carbocycles. The summed E-state index contributed by atoms with van der Waals surface area (Å²) in [6, 6.07) is 0. The molecule has 2 unspecified atom stereocenters. The van der Waals surface area contributed by atoms with Crippen molar-refractivity contribution >= 4 is 18.1 Å². The average Bonchev–Trinajstić information content (AvgIpc) is 2.87. The van der Waals surface area contributed by atoms with Crippen molar-refractivity contribution in [1.82, 2.24) is 0 Å². The highest BCUT2D eigenvalue weighted by atomic mass is 17.3. The van der Waals surface area contributed by atoms with Crippen LogP contribution < -0.4 is 0 Å². The number of hydrogen-bond donors (Lipinski definition) is 0. The number of hydrogen-bond acceptors (Lipinski definition) is 11. The maximum atomic E-state index is 13.1. The lowest BCUT2D eigenvalue weighted by molar-refractivity contribution is -0.421. The van der Waals surface area contributed by atoms with Crippen LogP contribution in [0.1, 0.15) is 79.1 Å². The Kier molecular flexibility index (Phi) is 18.3. The van der Waals surface area contributed by atoms with E-state index in [-0.39, 0.29) is 39.3 Å². The van der Waals surface area contributed by atoms with E-state index in [1.54, 1.807) is 13.8 Å². The number of rotatable bonds is 22. The molecular formula is C25H42O11. The lowest BCUT2D eigenvalue weighted by Crippen LogP contribution is -2.48. The van der Waals surface area contributed by atoms with Gasteiger partial charge < -0.3 is 18.9 Å². The molecule has 208 valence electrons. The Hall–Kier alpha value is -2.47. The Morgan fingerprint density at radius 2 is 1.06 bits per heavy atom. The van der Waals surface area contributed by atoms with E-state index in [1.165, 1.54) is 0 Å². The number of carbonyl (C=O) groups is 3. The van der Waals surface area contributed by atoms with Gasteiger partial charge in [-0.1, -0.05) is 52.7 Å².